The van der Waals surface area contributed by atoms with Gasteiger partial charge in [0.25, 0.3) is 5.91 Å². The van der Waals surface area contributed by atoms with Crippen LogP contribution in [0.25, 0.3) is 0 Å². The van der Waals surface area contributed by atoms with E-state index in [-0.39, 0.29) is 5.91 Å². The van der Waals surface area contributed by atoms with Gasteiger partial charge < -0.3 is 14.8 Å². The van der Waals surface area contributed by atoms with Crippen molar-refractivity contribution in [1.82, 2.24) is 5.32 Å². The lowest BCUT2D eigenvalue weighted by Gasteiger charge is -2.07. The predicted octanol–water partition coefficient (Wildman–Crippen LogP) is 2.76. The molecule has 1 amide bonds. The number of hydrogen-bond acceptors (Lipinski definition) is 3. The van der Waals surface area contributed by atoms with E-state index in [0.29, 0.717) is 36.4 Å². The van der Waals surface area contributed by atoms with Gasteiger partial charge in [-0.15, -0.1) is 0 Å². The van der Waals surface area contributed by atoms with E-state index in [1.54, 1.807) is 7.11 Å². The molecule has 0 bridgehead atoms. The van der Waals surface area contributed by atoms with Crippen LogP contribution in [0.4, 0.5) is 4.39 Å². The van der Waals surface area contributed by atoms with Crippen LogP contribution in [0.15, 0.2) is 22.7 Å². The molecule has 6 heteroatoms. The fraction of sp³-hybridized carbons (Fsp3) is 0.500. The number of unbranched alkanes of at least 4 members (excludes halogenated alkanes) is 1. The molecule has 0 aromatic heterocycles. The maximum atomic E-state index is 13.1. The number of methoxy groups -OCH3 is 1. The topological polar surface area (TPSA) is 47.6 Å². The second-order valence-electron chi connectivity index (χ2n) is 4.19. The Bertz CT molecular complexity index is 429. The number of carbonyl (C=O) groups excluding carboxylic acids is 1. The first-order valence-electron chi connectivity index (χ1n) is 6.45. The van der Waals surface area contributed by atoms with E-state index in [1.807, 2.05) is 0 Å². The molecule has 0 spiro atoms. The lowest BCUT2D eigenvalue weighted by Crippen LogP contribution is -2.25. The Morgan fingerprint density at radius 3 is 2.85 bits per heavy atom. The van der Waals surface area contributed by atoms with Crippen molar-refractivity contribution in [1.29, 1.82) is 0 Å². The van der Waals surface area contributed by atoms with Gasteiger partial charge in [0, 0.05) is 24.7 Å². The summed E-state index contributed by atoms with van der Waals surface area (Å²) in [5.74, 6) is -0.707. The average Bonchev–Trinajstić information content (AvgIpc) is 2.44. The second-order valence-corrected chi connectivity index (χ2v) is 5.05. The number of hydrogen-bond donors (Lipinski definition) is 1. The SMILES string of the molecule is COCCOCCCCNC(=O)c1cc(F)ccc1Br. The summed E-state index contributed by atoms with van der Waals surface area (Å²) in [6.45, 7) is 2.35. The average molecular weight is 348 g/mol. The van der Waals surface area contributed by atoms with Gasteiger partial charge in [-0.05, 0) is 47.0 Å². The Morgan fingerprint density at radius 1 is 1.30 bits per heavy atom. The quantitative estimate of drug-likeness (QED) is 0.698. The van der Waals surface area contributed by atoms with Gasteiger partial charge in [0.1, 0.15) is 5.82 Å². The molecule has 1 aromatic rings. The lowest BCUT2D eigenvalue weighted by molar-refractivity contribution is 0.0686. The molecule has 4 nitrogen and oxygen atoms in total. The van der Waals surface area contributed by atoms with Gasteiger partial charge in [-0.1, -0.05) is 0 Å². The molecule has 0 aliphatic carbocycles. The number of rotatable bonds is 9. The van der Waals surface area contributed by atoms with E-state index in [2.05, 4.69) is 21.2 Å². The van der Waals surface area contributed by atoms with E-state index in [0.717, 1.165) is 12.8 Å². The van der Waals surface area contributed by atoms with Crippen molar-refractivity contribution >= 4 is 21.8 Å². The normalized spacial score (nSPS) is 10.6. The molecule has 0 aliphatic rings. The van der Waals surface area contributed by atoms with E-state index in [1.165, 1.54) is 18.2 Å². The monoisotopic (exact) mass is 347 g/mol. The van der Waals surface area contributed by atoms with Crippen molar-refractivity contribution in [2.75, 3.05) is 33.5 Å². The molecule has 0 aliphatic heterocycles. The molecule has 0 saturated heterocycles. The smallest absolute Gasteiger partial charge is 0.252 e. The van der Waals surface area contributed by atoms with Gasteiger partial charge in [-0.3, -0.25) is 4.79 Å². The molecule has 20 heavy (non-hydrogen) atoms. The first-order chi connectivity index (χ1) is 9.65. The highest BCUT2D eigenvalue weighted by Gasteiger charge is 2.10. The first-order valence-corrected chi connectivity index (χ1v) is 7.24. The fourth-order valence-corrected chi connectivity index (χ4v) is 1.97. The van der Waals surface area contributed by atoms with E-state index in [4.69, 9.17) is 9.47 Å². The number of halogens is 2. The lowest BCUT2D eigenvalue weighted by atomic mass is 10.2. The van der Waals surface area contributed by atoms with E-state index >= 15 is 0 Å². The van der Waals surface area contributed by atoms with Crippen molar-refractivity contribution in [2.45, 2.75) is 12.8 Å². The maximum Gasteiger partial charge on any atom is 0.252 e. The Hall–Kier alpha value is -0.980. The first kappa shape index (κ1) is 17.1. The molecule has 1 N–H and O–H groups in total. The molecular weight excluding hydrogens is 329 g/mol. The summed E-state index contributed by atoms with van der Waals surface area (Å²) in [5.41, 5.74) is 0.307. The molecule has 0 radical (unpaired) electrons. The highest BCUT2D eigenvalue weighted by molar-refractivity contribution is 9.10. The number of nitrogens with one attached hydrogen (secondary N) is 1. The Kier molecular flexibility index (Phi) is 8.41. The zero-order valence-corrected chi connectivity index (χ0v) is 13.0. The zero-order valence-electron chi connectivity index (χ0n) is 11.5. The minimum absolute atomic E-state index is 0.281. The van der Waals surface area contributed by atoms with Crippen molar-refractivity contribution in [2.24, 2.45) is 0 Å². The number of ether oxygens (including phenoxy) is 2. The third kappa shape index (κ3) is 6.45. The van der Waals surface area contributed by atoms with Crippen molar-refractivity contribution in [3.8, 4) is 0 Å². The third-order valence-corrected chi connectivity index (χ3v) is 3.30. The van der Waals surface area contributed by atoms with Crippen LogP contribution < -0.4 is 5.32 Å². The minimum Gasteiger partial charge on any atom is -0.382 e. The number of amides is 1. The van der Waals surface area contributed by atoms with Crippen LogP contribution in [0.5, 0.6) is 0 Å². The molecule has 0 fully saturated rings. The van der Waals surface area contributed by atoms with Gasteiger partial charge >= 0.3 is 0 Å². The second kappa shape index (κ2) is 9.85. The highest BCUT2D eigenvalue weighted by Crippen LogP contribution is 2.17. The maximum absolute atomic E-state index is 13.1. The molecule has 0 atom stereocenters. The van der Waals surface area contributed by atoms with Gasteiger partial charge in [-0.25, -0.2) is 4.39 Å². The highest BCUT2D eigenvalue weighted by atomic mass is 79.9. The molecule has 0 unspecified atom stereocenters. The third-order valence-electron chi connectivity index (χ3n) is 2.61. The van der Waals surface area contributed by atoms with Crippen molar-refractivity contribution in [3.63, 3.8) is 0 Å². The number of benzene rings is 1. The van der Waals surface area contributed by atoms with E-state index < -0.39 is 5.82 Å². The molecule has 0 saturated carbocycles. The van der Waals surface area contributed by atoms with Gasteiger partial charge in [0.15, 0.2) is 0 Å². The molecule has 0 heterocycles. The van der Waals surface area contributed by atoms with Crippen molar-refractivity contribution < 1.29 is 18.7 Å². The van der Waals surface area contributed by atoms with Gasteiger partial charge in [-0.2, -0.15) is 0 Å². The van der Waals surface area contributed by atoms with Crippen LogP contribution in [0.2, 0.25) is 0 Å². The van der Waals surface area contributed by atoms with Crippen LogP contribution in [-0.4, -0.2) is 39.4 Å². The van der Waals surface area contributed by atoms with E-state index in [9.17, 15) is 9.18 Å². The van der Waals surface area contributed by atoms with Gasteiger partial charge in [0.2, 0.25) is 0 Å². The van der Waals surface area contributed by atoms with Crippen LogP contribution in [-0.2, 0) is 9.47 Å². The summed E-state index contributed by atoms with van der Waals surface area (Å²) in [4.78, 5) is 11.8. The Balaban J connectivity index is 2.18. The van der Waals surface area contributed by atoms with Crippen LogP contribution in [0, 0.1) is 5.82 Å². The Labute approximate surface area is 126 Å². The standard InChI is InChI=1S/C14H19BrFNO3/c1-19-8-9-20-7-3-2-6-17-14(18)12-10-11(16)4-5-13(12)15/h4-5,10H,2-3,6-9H2,1H3,(H,17,18). The molecule has 1 rings (SSSR count). The predicted molar refractivity (Wildman–Crippen MR) is 78.4 cm³/mol. The zero-order chi connectivity index (χ0) is 14.8. The number of carbonyl (C=O) groups is 1. The summed E-state index contributed by atoms with van der Waals surface area (Å²) < 4.78 is 23.8. The summed E-state index contributed by atoms with van der Waals surface area (Å²) >= 11 is 3.23. The summed E-state index contributed by atoms with van der Waals surface area (Å²) in [5, 5.41) is 2.75. The summed E-state index contributed by atoms with van der Waals surface area (Å²) in [6.07, 6.45) is 1.67. The van der Waals surface area contributed by atoms with Crippen LogP contribution in [0.1, 0.15) is 23.2 Å². The van der Waals surface area contributed by atoms with Crippen LogP contribution >= 0.6 is 15.9 Å². The van der Waals surface area contributed by atoms with Crippen LogP contribution in [0.3, 0.4) is 0 Å². The van der Waals surface area contributed by atoms with Crippen molar-refractivity contribution in [3.05, 3.63) is 34.1 Å². The van der Waals surface area contributed by atoms with Gasteiger partial charge in [0.05, 0.1) is 18.8 Å². The summed E-state index contributed by atoms with van der Waals surface area (Å²) in [7, 11) is 1.63. The minimum atomic E-state index is -0.426. The summed E-state index contributed by atoms with van der Waals surface area (Å²) in [6, 6.07) is 4.04. The fourth-order valence-electron chi connectivity index (χ4n) is 1.54. The Morgan fingerprint density at radius 2 is 2.10 bits per heavy atom. The largest absolute Gasteiger partial charge is 0.382 e. The molecular formula is C14H19BrFNO3. The molecule has 1 aromatic carbocycles. The molecule has 112 valence electrons.